The van der Waals surface area contributed by atoms with E-state index >= 15 is 0 Å². The lowest BCUT2D eigenvalue weighted by Crippen LogP contribution is -2.06. The Balaban J connectivity index is 2.20. The van der Waals surface area contributed by atoms with E-state index in [0.717, 1.165) is 5.69 Å². The fourth-order valence-corrected chi connectivity index (χ4v) is 2.01. The van der Waals surface area contributed by atoms with Crippen molar-refractivity contribution in [1.82, 2.24) is 0 Å². The van der Waals surface area contributed by atoms with E-state index in [1.165, 1.54) is 32.6 Å². The minimum Gasteiger partial charge on any atom is -0.493 e. The van der Waals surface area contributed by atoms with Crippen molar-refractivity contribution in [1.29, 1.82) is 0 Å². The molecule has 2 rings (SSSR count). The van der Waals surface area contributed by atoms with Crippen LogP contribution < -0.4 is 19.6 Å². The summed E-state index contributed by atoms with van der Waals surface area (Å²) in [4.78, 5) is 0. The Kier molecular flexibility index (Phi) is 6.20. The highest BCUT2D eigenvalue weighted by Gasteiger charge is 2.17. The Labute approximate surface area is 142 Å². The normalized spacial score (nSPS) is 10.9. The molecule has 0 aliphatic rings. The smallest absolute Gasteiger partial charge is 0.387 e. The largest absolute Gasteiger partial charge is 0.493 e. The van der Waals surface area contributed by atoms with Gasteiger partial charge in [0.15, 0.2) is 11.5 Å². The van der Waals surface area contributed by atoms with Gasteiger partial charge in [-0.25, -0.2) is 0 Å². The highest BCUT2D eigenvalue weighted by atomic mass is 35.5. The van der Waals surface area contributed by atoms with E-state index in [9.17, 15) is 8.78 Å². The van der Waals surface area contributed by atoms with Gasteiger partial charge in [0, 0.05) is 10.6 Å². The van der Waals surface area contributed by atoms with Gasteiger partial charge in [0.25, 0.3) is 0 Å². The maximum Gasteiger partial charge on any atom is 0.387 e. The first kappa shape index (κ1) is 17.8. The predicted molar refractivity (Wildman–Crippen MR) is 88.8 cm³/mol. The Hall–Kier alpha value is -2.54. The van der Waals surface area contributed by atoms with Crippen LogP contribution in [0, 0.1) is 0 Å². The van der Waals surface area contributed by atoms with Crippen LogP contribution in [-0.2, 0) is 0 Å². The molecule has 1 N–H and O–H groups in total. The average molecular weight is 357 g/mol. The quantitative estimate of drug-likeness (QED) is 0.590. The molecule has 0 aliphatic heterocycles. The molecule has 0 spiro atoms. The lowest BCUT2D eigenvalue weighted by molar-refractivity contribution is -0.0526. The van der Waals surface area contributed by atoms with Gasteiger partial charge in [0.2, 0.25) is 5.75 Å². The molecule has 0 bridgehead atoms. The van der Waals surface area contributed by atoms with Crippen LogP contribution in [0.3, 0.4) is 0 Å². The minimum atomic E-state index is -2.99. The van der Waals surface area contributed by atoms with Crippen LogP contribution in [0.4, 0.5) is 14.5 Å². The lowest BCUT2D eigenvalue weighted by Gasteiger charge is -2.14. The average Bonchev–Trinajstić information content (AvgIpc) is 2.57. The zero-order chi connectivity index (χ0) is 17.5. The molecular weight excluding hydrogens is 342 g/mol. The zero-order valence-corrected chi connectivity index (χ0v) is 13.7. The SMILES string of the molecule is COc1cc(/C=N\Nc2ccc(Cl)cc2)cc(OC)c1OC(F)F. The number of anilines is 1. The van der Waals surface area contributed by atoms with Gasteiger partial charge in [0.05, 0.1) is 26.1 Å². The second-order valence-corrected chi connectivity index (χ2v) is 4.95. The van der Waals surface area contributed by atoms with Crippen LogP contribution >= 0.6 is 11.6 Å². The molecular formula is C16H15ClF2N2O3. The van der Waals surface area contributed by atoms with Crippen LogP contribution in [0.2, 0.25) is 5.02 Å². The first-order valence-electron chi connectivity index (χ1n) is 6.79. The van der Waals surface area contributed by atoms with Crippen LogP contribution in [-0.4, -0.2) is 27.0 Å². The molecule has 0 fully saturated rings. The second-order valence-electron chi connectivity index (χ2n) is 4.51. The molecule has 0 aliphatic carbocycles. The van der Waals surface area contributed by atoms with Gasteiger partial charge in [-0.05, 0) is 36.4 Å². The second kappa shape index (κ2) is 8.35. The van der Waals surface area contributed by atoms with E-state index in [1.807, 2.05) is 0 Å². The van der Waals surface area contributed by atoms with Gasteiger partial charge < -0.3 is 14.2 Å². The van der Waals surface area contributed by atoms with E-state index in [0.29, 0.717) is 10.6 Å². The summed E-state index contributed by atoms with van der Waals surface area (Å²) in [7, 11) is 2.69. The molecule has 0 radical (unpaired) electrons. The number of rotatable bonds is 7. The first-order valence-corrected chi connectivity index (χ1v) is 7.16. The van der Waals surface area contributed by atoms with Crippen LogP contribution in [0.25, 0.3) is 0 Å². The molecule has 0 amide bonds. The maximum absolute atomic E-state index is 12.5. The highest BCUT2D eigenvalue weighted by molar-refractivity contribution is 6.30. The summed E-state index contributed by atoms with van der Waals surface area (Å²) in [5.41, 5.74) is 4.14. The molecule has 0 aromatic heterocycles. The fourth-order valence-electron chi connectivity index (χ4n) is 1.89. The van der Waals surface area contributed by atoms with Gasteiger partial charge in [-0.3, -0.25) is 5.43 Å². The molecule has 8 heteroatoms. The van der Waals surface area contributed by atoms with Crippen LogP contribution in [0.1, 0.15) is 5.56 Å². The zero-order valence-electron chi connectivity index (χ0n) is 12.9. The summed E-state index contributed by atoms with van der Waals surface area (Å²) in [5.74, 6) is 0.0583. The molecule has 128 valence electrons. The molecule has 5 nitrogen and oxygen atoms in total. The Bertz CT molecular complexity index is 684. The van der Waals surface area contributed by atoms with Crippen molar-refractivity contribution in [3.8, 4) is 17.2 Å². The molecule has 2 aromatic carbocycles. The van der Waals surface area contributed by atoms with Crippen molar-refractivity contribution in [3.63, 3.8) is 0 Å². The molecule has 0 unspecified atom stereocenters. The van der Waals surface area contributed by atoms with Crippen molar-refractivity contribution in [2.75, 3.05) is 19.6 Å². The topological polar surface area (TPSA) is 52.1 Å². The highest BCUT2D eigenvalue weighted by Crippen LogP contribution is 2.39. The first-order chi connectivity index (χ1) is 11.5. The van der Waals surface area contributed by atoms with Crippen molar-refractivity contribution < 1.29 is 23.0 Å². The van der Waals surface area contributed by atoms with Crippen LogP contribution in [0.15, 0.2) is 41.5 Å². The summed E-state index contributed by atoms with van der Waals surface area (Å²) < 4.78 is 39.6. The van der Waals surface area contributed by atoms with E-state index < -0.39 is 6.61 Å². The number of hydrazone groups is 1. The fraction of sp³-hybridized carbons (Fsp3) is 0.188. The molecule has 0 saturated carbocycles. The molecule has 0 heterocycles. The third-order valence-corrected chi connectivity index (χ3v) is 3.19. The van der Waals surface area contributed by atoms with Gasteiger partial charge >= 0.3 is 6.61 Å². The van der Waals surface area contributed by atoms with E-state index in [1.54, 1.807) is 24.3 Å². The van der Waals surface area contributed by atoms with Crippen molar-refractivity contribution in [2.45, 2.75) is 6.61 Å². The Morgan fingerprint density at radius 2 is 1.67 bits per heavy atom. The number of nitrogens with one attached hydrogen (secondary N) is 1. The van der Waals surface area contributed by atoms with Crippen LogP contribution in [0.5, 0.6) is 17.2 Å². The maximum atomic E-state index is 12.5. The van der Waals surface area contributed by atoms with Crippen molar-refractivity contribution >= 4 is 23.5 Å². The standard InChI is InChI=1S/C16H15ClF2N2O3/c1-22-13-7-10(8-14(23-2)15(13)24-16(18)19)9-20-21-12-5-3-11(17)4-6-12/h3-9,16,21H,1-2H3/b20-9-. The monoisotopic (exact) mass is 356 g/mol. The summed E-state index contributed by atoms with van der Waals surface area (Å²) in [6, 6.07) is 9.99. The summed E-state index contributed by atoms with van der Waals surface area (Å²) in [6.07, 6.45) is 1.49. The number of nitrogens with zero attached hydrogens (tertiary/aromatic N) is 1. The van der Waals surface area contributed by atoms with Gasteiger partial charge in [-0.1, -0.05) is 11.6 Å². The van der Waals surface area contributed by atoms with Crippen molar-refractivity contribution in [2.24, 2.45) is 5.10 Å². The minimum absolute atomic E-state index is 0.114. The number of hydrogen-bond donors (Lipinski definition) is 1. The molecule has 0 atom stereocenters. The molecule has 0 saturated heterocycles. The Morgan fingerprint density at radius 1 is 1.08 bits per heavy atom. The third kappa shape index (κ3) is 4.73. The number of halogens is 3. The summed E-state index contributed by atoms with van der Waals surface area (Å²) in [5, 5.41) is 4.68. The summed E-state index contributed by atoms with van der Waals surface area (Å²) >= 11 is 5.80. The van der Waals surface area contributed by atoms with E-state index in [4.69, 9.17) is 21.1 Å². The van der Waals surface area contributed by atoms with Gasteiger partial charge in [0.1, 0.15) is 0 Å². The van der Waals surface area contributed by atoms with Gasteiger partial charge in [-0.15, -0.1) is 0 Å². The van der Waals surface area contributed by atoms with Crippen molar-refractivity contribution in [3.05, 3.63) is 47.0 Å². The van der Waals surface area contributed by atoms with Gasteiger partial charge in [-0.2, -0.15) is 13.9 Å². The molecule has 2 aromatic rings. The van der Waals surface area contributed by atoms with E-state index in [2.05, 4.69) is 15.3 Å². The number of methoxy groups -OCH3 is 2. The summed E-state index contributed by atoms with van der Waals surface area (Å²) in [6.45, 7) is -2.99. The number of alkyl halides is 2. The third-order valence-electron chi connectivity index (χ3n) is 2.94. The lowest BCUT2D eigenvalue weighted by atomic mass is 10.2. The number of ether oxygens (including phenoxy) is 3. The number of hydrogen-bond acceptors (Lipinski definition) is 5. The van der Waals surface area contributed by atoms with E-state index in [-0.39, 0.29) is 17.2 Å². The number of benzene rings is 2. The Morgan fingerprint density at radius 3 is 2.17 bits per heavy atom. The predicted octanol–water partition coefficient (Wildman–Crippen LogP) is 4.40. The molecule has 24 heavy (non-hydrogen) atoms.